The summed E-state index contributed by atoms with van der Waals surface area (Å²) >= 11 is 6.10. The van der Waals surface area contributed by atoms with E-state index in [1.165, 1.54) is 10.4 Å². The van der Waals surface area contributed by atoms with Crippen LogP contribution < -0.4 is 0 Å². The highest BCUT2D eigenvalue weighted by Crippen LogP contribution is 2.39. The van der Waals surface area contributed by atoms with E-state index in [2.05, 4.69) is 56.1 Å². The molecule has 1 N–H and O–H groups in total. The lowest BCUT2D eigenvalue weighted by atomic mass is 9.82. The van der Waals surface area contributed by atoms with E-state index in [1.54, 1.807) is 12.1 Å². The highest BCUT2D eigenvalue weighted by atomic mass is 35.5. The zero-order chi connectivity index (χ0) is 20.8. The average molecular weight is 406 g/mol. The summed E-state index contributed by atoms with van der Waals surface area (Å²) in [6.45, 7) is 8.45. The van der Waals surface area contributed by atoms with Crippen LogP contribution in [0.5, 0.6) is 5.75 Å². The Hall–Kier alpha value is -2.85. The van der Waals surface area contributed by atoms with Crippen molar-refractivity contribution in [3.05, 3.63) is 82.4 Å². The van der Waals surface area contributed by atoms with Crippen molar-refractivity contribution in [2.75, 3.05) is 0 Å². The minimum absolute atomic E-state index is 0.163. The quantitative estimate of drug-likeness (QED) is 0.439. The lowest BCUT2D eigenvalue weighted by Crippen LogP contribution is -2.14. The maximum absolute atomic E-state index is 11.1. The van der Waals surface area contributed by atoms with Crippen LogP contribution in [-0.4, -0.2) is 20.1 Å². The van der Waals surface area contributed by atoms with E-state index in [4.69, 9.17) is 11.6 Å². The van der Waals surface area contributed by atoms with Gasteiger partial charge in [-0.2, -0.15) is 0 Å². The molecular formula is C24H24ClN3O. The van der Waals surface area contributed by atoms with Gasteiger partial charge in [-0.1, -0.05) is 75.7 Å². The number of aromatic nitrogens is 3. The molecule has 0 aliphatic carbocycles. The molecule has 0 bridgehead atoms. The Labute approximate surface area is 175 Å². The third kappa shape index (κ3) is 3.73. The van der Waals surface area contributed by atoms with Crippen molar-refractivity contribution in [3.8, 4) is 11.4 Å². The highest BCUT2D eigenvalue weighted by Gasteiger charge is 2.25. The number of phenolic OH excluding ortho intramolecular Hbond substituents is 1. The Morgan fingerprint density at radius 3 is 2.28 bits per heavy atom. The van der Waals surface area contributed by atoms with Gasteiger partial charge in [0.2, 0.25) is 0 Å². The van der Waals surface area contributed by atoms with Crippen molar-refractivity contribution < 1.29 is 5.11 Å². The van der Waals surface area contributed by atoms with Crippen LogP contribution in [0.2, 0.25) is 5.02 Å². The van der Waals surface area contributed by atoms with Crippen molar-refractivity contribution in [1.29, 1.82) is 0 Å². The molecule has 148 valence electrons. The molecule has 4 nitrogen and oxygen atoms in total. The first-order chi connectivity index (χ1) is 13.7. The smallest absolute Gasteiger partial charge is 0.146 e. The van der Waals surface area contributed by atoms with Gasteiger partial charge in [0.1, 0.15) is 22.5 Å². The molecule has 0 fully saturated rings. The Balaban J connectivity index is 1.92. The van der Waals surface area contributed by atoms with Gasteiger partial charge in [0, 0.05) is 16.5 Å². The fraction of sp³-hybridized carbons (Fsp3) is 0.250. The number of benzene rings is 3. The Morgan fingerprint density at radius 2 is 1.59 bits per heavy atom. The average Bonchev–Trinajstić information content (AvgIpc) is 3.10. The number of halogens is 1. The standard InChI is InChI=1S/C24H24ClN3O/c1-15(16-8-6-5-7-9-16)17-12-19(24(2,3)4)23(29)22(13-17)28-26-20-11-10-18(25)14-21(20)27-28/h5-15,29H,1-4H3. The molecule has 0 radical (unpaired) electrons. The van der Waals surface area contributed by atoms with Crippen molar-refractivity contribution in [3.63, 3.8) is 0 Å². The zero-order valence-electron chi connectivity index (χ0n) is 17.0. The molecule has 0 saturated heterocycles. The van der Waals surface area contributed by atoms with Crippen LogP contribution >= 0.6 is 11.6 Å². The van der Waals surface area contributed by atoms with Crippen LogP contribution in [0.3, 0.4) is 0 Å². The van der Waals surface area contributed by atoms with E-state index in [1.807, 2.05) is 30.3 Å². The summed E-state index contributed by atoms with van der Waals surface area (Å²) in [5.41, 5.74) is 4.95. The Bertz CT molecular complexity index is 1180. The largest absolute Gasteiger partial charge is 0.505 e. The summed E-state index contributed by atoms with van der Waals surface area (Å²) in [5, 5.41) is 20.8. The van der Waals surface area contributed by atoms with Crippen LogP contribution in [-0.2, 0) is 5.41 Å². The molecule has 0 saturated carbocycles. The summed E-state index contributed by atoms with van der Waals surface area (Å²) in [7, 11) is 0. The minimum Gasteiger partial charge on any atom is -0.505 e. The normalized spacial score (nSPS) is 13.0. The van der Waals surface area contributed by atoms with Crippen LogP contribution in [0, 0.1) is 0 Å². The molecule has 0 spiro atoms. The maximum Gasteiger partial charge on any atom is 0.146 e. The third-order valence-electron chi connectivity index (χ3n) is 5.28. The van der Waals surface area contributed by atoms with Crippen LogP contribution in [0.4, 0.5) is 0 Å². The van der Waals surface area contributed by atoms with Crippen LogP contribution in [0.1, 0.15) is 50.3 Å². The van der Waals surface area contributed by atoms with Crippen molar-refractivity contribution in [2.45, 2.75) is 39.0 Å². The molecular weight excluding hydrogens is 382 g/mol. The fourth-order valence-corrected chi connectivity index (χ4v) is 3.71. The third-order valence-corrected chi connectivity index (χ3v) is 5.51. The van der Waals surface area contributed by atoms with Crippen molar-refractivity contribution in [2.24, 2.45) is 0 Å². The first kappa shape index (κ1) is 19.5. The van der Waals surface area contributed by atoms with Crippen LogP contribution in [0.15, 0.2) is 60.7 Å². The molecule has 0 aliphatic heterocycles. The molecule has 29 heavy (non-hydrogen) atoms. The highest BCUT2D eigenvalue weighted by molar-refractivity contribution is 6.31. The second-order valence-corrected chi connectivity index (χ2v) is 8.88. The summed E-state index contributed by atoms with van der Waals surface area (Å²) in [4.78, 5) is 1.51. The van der Waals surface area contributed by atoms with E-state index in [9.17, 15) is 5.11 Å². The SMILES string of the molecule is CC(c1ccccc1)c1cc(-n2nc3ccc(Cl)cc3n2)c(O)c(C(C)(C)C)c1. The predicted octanol–water partition coefficient (Wildman–Crippen LogP) is 6.23. The predicted molar refractivity (Wildman–Crippen MR) is 118 cm³/mol. The van der Waals surface area contributed by atoms with Gasteiger partial charge in [0.25, 0.3) is 0 Å². The zero-order valence-corrected chi connectivity index (χ0v) is 17.8. The minimum atomic E-state index is -0.235. The molecule has 4 rings (SSSR count). The van der Waals surface area contributed by atoms with Crippen molar-refractivity contribution in [1.82, 2.24) is 15.0 Å². The van der Waals surface area contributed by atoms with Gasteiger partial charge >= 0.3 is 0 Å². The molecule has 1 aromatic heterocycles. The molecule has 5 heteroatoms. The van der Waals surface area contributed by atoms with Gasteiger partial charge in [0.15, 0.2) is 0 Å². The van der Waals surface area contributed by atoms with E-state index >= 15 is 0 Å². The van der Waals surface area contributed by atoms with Gasteiger partial charge in [0.05, 0.1) is 0 Å². The Kier molecular flexibility index (Phi) is 4.83. The monoisotopic (exact) mass is 405 g/mol. The number of hydrogen-bond donors (Lipinski definition) is 1. The summed E-state index contributed by atoms with van der Waals surface area (Å²) in [5.74, 6) is 0.365. The molecule has 4 aromatic rings. The molecule has 1 unspecified atom stereocenters. The topological polar surface area (TPSA) is 50.9 Å². The number of nitrogens with zero attached hydrogens (tertiary/aromatic N) is 3. The van der Waals surface area contributed by atoms with Gasteiger partial charge in [-0.15, -0.1) is 15.0 Å². The lowest BCUT2D eigenvalue weighted by molar-refractivity contribution is 0.440. The fourth-order valence-electron chi connectivity index (χ4n) is 3.54. The molecule has 3 aromatic carbocycles. The second-order valence-electron chi connectivity index (χ2n) is 8.44. The number of aromatic hydroxyl groups is 1. The number of rotatable bonds is 3. The van der Waals surface area contributed by atoms with E-state index in [0.717, 1.165) is 16.6 Å². The summed E-state index contributed by atoms with van der Waals surface area (Å²) in [6.07, 6.45) is 0. The number of fused-ring (bicyclic) bond motifs is 1. The van der Waals surface area contributed by atoms with Gasteiger partial charge in [-0.25, -0.2) is 0 Å². The van der Waals surface area contributed by atoms with E-state index < -0.39 is 0 Å². The molecule has 0 amide bonds. The Morgan fingerprint density at radius 1 is 0.897 bits per heavy atom. The van der Waals surface area contributed by atoms with Crippen LogP contribution in [0.25, 0.3) is 16.7 Å². The second kappa shape index (κ2) is 7.20. The maximum atomic E-state index is 11.1. The first-order valence-electron chi connectivity index (χ1n) is 9.69. The van der Waals surface area contributed by atoms with Gasteiger partial charge < -0.3 is 5.11 Å². The lowest BCUT2D eigenvalue weighted by Gasteiger charge is -2.24. The number of phenols is 1. The van der Waals surface area contributed by atoms with Gasteiger partial charge in [-0.3, -0.25) is 0 Å². The summed E-state index contributed by atoms with van der Waals surface area (Å²) in [6, 6.07) is 19.8. The summed E-state index contributed by atoms with van der Waals surface area (Å²) < 4.78 is 0. The van der Waals surface area contributed by atoms with E-state index in [-0.39, 0.29) is 17.1 Å². The first-order valence-corrected chi connectivity index (χ1v) is 10.1. The van der Waals surface area contributed by atoms with Crippen molar-refractivity contribution >= 4 is 22.6 Å². The van der Waals surface area contributed by atoms with Gasteiger partial charge in [-0.05, 0) is 40.8 Å². The number of hydrogen-bond acceptors (Lipinski definition) is 3. The molecule has 1 heterocycles. The molecule has 1 atom stereocenters. The molecule has 0 aliphatic rings. The van der Waals surface area contributed by atoms with E-state index in [0.29, 0.717) is 16.2 Å².